The van der Waals surface area contributed by atoms with Gasteiger partial charge in [-0.3, -0.25) is 4.40 Å². The number of aryl methyl sites for hydroxylation is 2. The van der Waals surface area contributed by atoms with Crippen LogP contribution < -0.4 is 0 Å². The van der Waals surface area contributed by atoms with Crippen molar-refractivity contribution in [2.75, 3.05) is 0 Å². The Balaban J connectivity index is 2.01. The van der Waals surface area contributed by atoms with Crippen molar-refractivity contribution in [1.82, 2.24) is 9.38 Å². The van der Waals surface area contributed by atoms with E-state index in [2.05, 4.69) is 22.1 Å². The molecule has 0 bridgehead atoms. The Labute approximate surface area is 136 Å². The predicted octanol–water partition coefficient (Wildman–Crippen LogP) is 5.64. The Bertz CT molecular complexity index is 893. The van der Waals surface area contributed by atoms with Crippen molar-refractivity contribution in [1.29, 1.82) is 0 Å². The maximum absolute atomic E-state index is 12.9. The summed E-state index contributed by atoms with van der Waals surface area (Å²) >= 11 is 0. The van der Waals surface area contributed by atoms with Crippen LogP contribution in [0.25, 0.3) is 5.65 Å². The lowest BCUT2D eigenvalue weighted by Gasteiger charge is -2.06. The molecule has 24 heavy (non-hydrogen) atoms. The van der Waals surface area contributed by atoms with Gasteiger partial charge in [-0.2, -0.15) is 13.2 Å². The third kappa shape index (κ3) is 3.15. The molecule has 0 spiro atoms. The third-order valence-corrected chi connectivity index (χ3v) is 3.69. The fourth-order valence-electron chi connectivity index (χ4n) is 2.34. The summed E-state index contributed by atoms with van der Waals surface area (Å²) < 4.78 is 40.0. The Morgan fingerprint density at radius 2 is 1.75 bits per heavy atom. The molecule has 1 aromatic carbocycles. The lowest BCUT2D eigenvalue weighted by molar-refractivity contribution is -0.137. The van der Waals surface area contributed by atoms with Crippen molar-refractivity contribution in [2.24, 2.45) is 10.2 Å². The monoisotopic (exact) mass is 332 g/mol. The van der Waals surface area contributed by atoms with Gasteiger partial charge in [0.15, 0.2) is 5.82 Å². The first-order valence-electron chi connectivity index (χ1n) is 7.45. The first-order valence-corrected chi connectivity index (χ1v) is 7.45. The van der Waals surface area contributed by atoms with Gasteiger partial charge in [0.25, 0.3) is 0 Å². The average Bonchev–Trinajstić information content (AvgIpc) is 2.87. The normalized spacial score (nSPS) is 12.4. The number of rotatable bonds is 3. The third-order valence-electron chi connectivity index (χ3n) is 3.69. The fourth-order valence-corrected chi connectivity index (χ4v) is 2.34. The van der Waals surface area contributed by atoms with Crippen molar-refractivity contribution in [3.05, 3.63) is 59.4 Å². The minimum absolute atomic E-state index is 0.288. The molecule has 3 aromatic rings. The van der Waals surface area contributed by atoms with Crippen LogP contribution >= 0.6 is 0 Å². The molecular weight excluding hydrogens is 317 g/mol. The number of alkyl halides is 3. The molecule has 7 heteroatoms. The first-order chi connectivity index (χ1) is 11.4. The highest BCUT2D eigenvalue weighted by atomic mass is 19.4. The second-order valence-corrected chi connectivity index (χ2v) is 5.38. The van der Waals surface area contributed by atoms with E-state index in [0.717, 1.165) is 18.7 Å². The quantitative estimate of drug-likeness (QED) is 0.572. The van der Waals surface area contributed by atoms with E-state index in [9.17, 15) is 13.2 Å². The lowest BCUT2D eigenvalue weighted by atomic mass is 10.2. The predicted molar refractivity (Wildman–Crippen MR) is 84.9 cm³/mol. The van der Waals surface area contributed by atoms with E-state index in [0.29, 0.717) is 17.0 Å². The summed E-state index contributed by atoms with van der Waals surface area (Å²) in [7, 11) is 0. The van der Waals surface area contributed by atoms with Crippen molar-refractivity contribution >= 4 is 17.2 Å². The molecule has 3 rings (SSSR count). The molecule has 0 aliphatic rings. The highest BCUT2D eigenvalue weighted by Crippen LogP contribution is 2.31. The largest absolute Gasteiger partial charge is 0.417 e. The fraction of sp³-hybridized carbons (Fsp3) is 0.235. The van der Waals surface area contributed by atoms with Gasteiger partial charge in [0, 0.05) is 6.20 Å². The molecule has 0 radical (unpaired) electrons. The van der Waals surface area contributed by atoms with Crippen molar-refractivity contribution in [3.63, 3.8) is 0 Å². The van der Waals surface area contributed by atoms with Crippen LogP contribution in [0.1, 0.15) is 23.7 Å². The molecule has 0 N–H and O–H groups in total. The second-order valence-electron chi connectivity index (χ2n) is 5.38. The molecule has 0 aliphatic heterocycles. The van der Waals surface area contributed by atoms with Gasteiger partial charge in [-0.15, -0.1) is 10.2 Å². The molecule has 124 valence electrons. The van der Waals surface area contributed by atoms with Crippen LogP contribution in [0.15, 0.2) is 52.8 Å². The standard InChI is InChI=1S/C17H15F3N4/c1-3-12-4-7-14(8-5-12)22-23-16-11(2)21-15-9-6-13(10-24(15)16)17(18,19)20/h4-10H,3H2,1-2H3. The maximum atomic E-state index is 12.9. The summed E-state index contributed by atoms with van der Waals surface area (Å²) in [5, 5.41) is 8.21. The summed E-state index contributed by atoms with van der Waals surface area (Å²) in [5.74, 6) is 0.288. The highest BCUT2D eigenvalue weighted by molar-refractivity contribution is 5.53. The molecule has 4 nitrogen and oxygen atoms in total. The van der Waals surface area contributed by atoms with Crippen LogP contribution in [0.2, 0.25) is 0 Å². The number of azo groups is 1. The number of aromatic nitrogens is 2. The number of benzene rings is 1. The van der Waals surface area contributed by atoms with Crippen molar-refractivity contribution in [3.8, 4) is 0 Å². The Kier molecular flexibility index (Phi) is 4.09. The summed E-state index contributed by atoms with van der Waals surface area (Å²) in [5.41, 5.74) is 1.97. The van der Waals surface area contributed by atoms with Gasteiger partial charge in [-0.05, 0) is 43.2 Å². The molecule has 0 atom stereocenters. The van der Waals surface area contributed by atoms with Crippen LogP contribution in [-0.4, -0.2) is 9.38 Å². The molecule has 2 heterocycles. The molecule has 0 saturated heterocycles. The van der Waals surface area contributed by atoms with Crippen LogP contribution in [0.5, 0.6) is 0 Å². The number of fused-ring (bicyclic) bond motifs is 1. The molecule has 0 aliphatic carbocycles. The summed E-state index contributed by atoms with van der Waals surface area (Å²) in [6, 6.07) is 9.86. The number of nitrogens with zero attached hydrogens (tertiary/aromatic N) is 4. The van der Waals surface area contributed by atoms with E-state index >= 15 is 0 Å². The zero-order valence-corrected chi connectivity index (χ0v) is 13.2. The van der Waals surface area contributed by atoms with E-state index in [1.165, 1.54) is 16.0 Å². The van der Waals surface area contributed by atoms with Crippen molar-refractivity contribution in [2.45, 2.75) is 26.4 Å². The van der Waals surface area contributed by atoms with Crippen LogP contribution in [0.3, 0.4) is 0 Å². The molecule has 0 saturated carbocycles. The summed E-state index contributed by atoms with van der Waals surface area (Å²) in [6.45, 7) is 3.74. The zero-order chi connectivity index (χ0) is 17.3. The summed E-state index contributed by atoms with van der Waals surface area (Å²) in [4.78, 5) is 4.22. The van der Waals surface area contributed by atoms with E-state index in [1.54, 1.807) is 6.92 Å². The number of halogens is 3. The molecule has 0 unspecified atom stereocenters. The van der Waals surface area contributed by atoms with Crippen LogP contribution in [-0.2, 0) is 12.6 Å². The lowest BCUT2D eigenvalue weighted by Crippen LogP contribution is -2.06. The second kappa shape index (κ2) is 6.07. The number of pyridine rings is 1. The van der Waals surface area contributed by atoms with Gasteiger partial charge < -0.3 is 0 Å². The van der Waals surface area contributed by atoms with Crippen LogP contribution in [0.4, 0.5) is 24.7 Å². The van der Waals surface area contributed by atoms with Crippen molar-refractivity contribution < 1.29 is 13.2 Å². The average molecular weight is 332 g/mol. The van der Waals surface area contributed by atoms with Gasteiger partial charge in [-0.1, -0.05) is 19.1 Å². The maximum Gasteiger partial charge on any atom is 0.417 e. The van der Waals surface area contributed by atoms with E-state index in [-0.39, 0.29) is 5.82 Å². The smallest absolute Gasteiger partial charge is 0.282 e. The van der Waals surface area contributed by atoms with Gasteiger partial charge in [-0.25, -0.2) is 4.98 Å². The Morgan fingerprint density at radius 3 is 2.38 bits per heavy atom. The highest BCUT2D eigenvalue weighted by Gasteiger charge is 2.31. The molecular formula is C17H15F3N4. The van der Waals surface area contributed by atoms with E-state index in [4.69, 9.17) is 0 Å². The van der Waals surface area contributed by atoms with Gasteiger partial charge >= 0.3 is 6.18 Å². The topological polar surface area (TPSA) is 42.0 Å². The van der Waals surface area contributed by atoms with Gasteiger partial charge in [0.1, 0.15) is 5.65 Å². The van der Waals surface area contributed by atoms with Gasteiger partial charge in [0.2, 0.25) is 0 Å². The zero-order valence-electron chi connectivity index (χ0n) is 13.2. The van der Waals surface area contributed by atoms with E-state index in [1.807, 2.05) is 24.3 Å². The molecule has 2 aromatic heterocycles. The number of imidazole rings is 1. The van der Waals surface area contributed by atoms with E-state index < -0.39 is 11.7 Å². The Hall–Kier alpha value is -2.70. The number of hydrogen-bond acceptors (Lipinski definition) is 3. The Morgan fingerprint density at radius 1 is 1.04 bits per heavy atom. The minimum Gasteiger partial charge on any atom is -0.282 e. The molecule has 0 fully saturated rings. The minimum atomic E-state index is -4.42. The number of hydrogen-bond donors (Lipinski definition) is 0. The van der Waals surface area contributed by atoms with Crippen LogP contribution in [0, 0.1) is 6.92 Å². The van der Waals surface area contributed by atoms with Gasteiger partial charge in [0.05, 0.1) is 16.9 Å². The SMILES string of the molecule is CCc1ccc(N=Nc2c(C)nc3ccc(C(F)(F)F)cn23)cc1. The summed E-state index contributed by atoms with van der Waals surface area (Å²) in [6.07, 6.45) is -2.51. The molecule has 0 amide bonds. The first kappa shape index (κ1) is 16.2.